The van der Waals surface area contributed by atoms with E-state index in [1.165, 1.54) is 31.4 Å². The normalized spacial score (nSPS) is 16.8. The Morgan fingerprint density at radius 3 is 2.75 bits per heavy atom. The molecule has 0 spiro atoms. The molecule has 0 aliphatic heterocycles. The van der Waals surface area contributed by atoms with Crippen molar-refractivity contribution in [3.05, 3.63) is 23.2 Å². The van der Waals surface area contributed by atoms with Crippen LogP contribution in [-0.4, -0.2) is 18.5 Å². The van der Waals surface area contributed by atoms with Gasteiger partial charge in [-0.15, -0.1) is 0 Å². The van der Waals surface area contributed by atoms with Crippen molar-refractivity contribution in [2.75, 3.05) is 13.6 Å². The zero-order chi connectivity index (χ0) is 11.5. The number of aryl methyl sites for hydroxylation is 1. The summed E-state index contributed by atoms with van der Waals surface area (Å²) in [5.74, 6) is 2.83. The molecule has 90 valence electrons. The number of nitrogens with two attached hydrogens (primary N) is 1. The fourth-order valence-electron chi connectivity index (χ4n) is 2.32. The molecule has 1 aliphatic carbocycles. The predicted octanol–water partition coefficient (Wildman–Crippen LogP) is 2.28. The van der Waals surface area contributed by atoms with Gasteiger partial charge in [0.2, 0.25) is 0 Å². The van der Waals surface area contributed by atoms with Crippen molar-refractivity contribution in [2.24, 2.45) is 11.7 Å². The topological polar surface area (TPSA) is 42.4 Å². The SMILES string of the molecule is Cc1oc(CN)cc1CN(C)CC1CCC1. The van der Waals surface area contributed by atoms with E-state index >= 15 is 0 Å². The first-order chi connectivity index (χ1) is 7.69. The molecular weight excluding hydrogens is 200 g/mol. The number of hydrogen-bond donors (Lipinski definition) is 1. The van der Waals surface area contributed by atoms with Gasteiger partial charge in [0.25, 0.3) is 0 Å². The van der Waals surface area contributed by atoms with Crippen LogP contribution in [0.15, 0.2) is 10.5 Å². The third kappa shape index (κ3) is 2.66. The highest BCUT2D eigenvalue weighted by atomic mass is 16.3. The minimum atomic E-state index is 0.493. The lowest BCUT2D eigenvalue weighted by atomic mass is 9.85. The summed E-state index contributed by atoms with van der Waals surface area (Å²) in [6, 6.07) is 2.09. The van der Waals surface area contributed by atoms with Crippen LogP contribution in [0.25, 0.3) is 0 Å². The van der Waals surface area contributed by atoms with Gasteiger partial charge >= 0.3 is 0 Å². The summed E-state index contributed by atoms with van der Waals surface area (Å²) in [5, 5.41) is 0. The molecule has 2 N–H and O–H groups in total. The Labute approximate surface area is 97.6 Å². The lowest BCUT2D eigenvalue weighted by Crippen LogP contribution is -2.29. The third-order valence-corrected chi connectivity index (χ3v) is 3.51. The van der Waals surface area contributed by atoms with E-state index in [4.69, 9.17) is 10.2 Å². The Morgan fingerprint density at radius 2 is 2.25 bits per heavy atom. The van der Waals surface area contributed by atoms with Crippen LogP contribution < -0.4 is 5.73 Å². The standard InChI is InChI=1S/C13H22N2O/c1-10-12(6-13(7-14)16-10)9-15(2)8-11-4-3-5-11/h6,11H,3-5,7-9,14H2,1-2H3. The molecule has 0 unspecified atom stereocenters. The molecule has 1 heterocycles. The van der Waals surface area contributed by atoms with Gasteiger partial charge in [0.15, 0.2) is 0 Å². The van der Waals surface area contributed by atoms with E-state index in [-0.39, 0.29) is 0 Å². The lowest BCUT2D eigenvalue weighted by molar-refractivity contribution is 0.200. The van der Waals surface area contributed by atoms with E-state index in [0.717, 1.165) is 24.0 Å². The maximum Gasteiger partial charge on any atom is 0.118 e. The summed E-state index contributed by atoms with van der Waals surface area (Å²) in [6.45, 7) is 4.70. The number of rotatable bonds is 5. The van der Waals surface area contributed by atoms with Gasteiger partial charge in [-0.1, -0.05) is 6.42 Å². The van der Waals surface area contributed by atoms with E-state index in [9.17, 15) is 0 Å². The smallest absolute Gasteiger partial charge is 0.118 e. The van der Waals surface area contributed by atoms with Crippen molar-refractivity contribution >= 4 is 0 Å². The van der Waals surface area contributed by atoms with Crippen molar-refractivity contribution in [3.8, 4) is 0 Å². The van der Waals surface area contributed by atoms with Gasteiger partial charge < -0.3 is 15.1 Å². The summed E-state index contributed by atoms with van der Waals surface area (Å²) in [5.41, 5.74) is 6.85. The molecule has 1 saturated carbocycles. The summed E-state index contributed by atoms with van der Waals surface area (Å²) >= 11 is 0. The monoisotopic (exact) mass is 222 g/mol. The maximum atomic E-state index is 5.57. The second kappa shape index (κ2) is 5.02. The van der Waals surface area contributed by atoms with E-state index in [1.54, 1.807) is 0 Å². The Kier molecular flexibility index (Phi) is 3.66. The highest BCUT2D eigenvalue weighted by molar-refractivity contribution is 5.20. The van der Waals surface area contributed by atoms with Crippen molar-refractivity contribution in [1.82, 2.24) is 4.90 Å². The van der Waals surface area contributed by atoms with Crippen LogP contribution in [-0.2, 0) is 13.1 Å². The van der Waals surface area contributed by atoms with Gasteiger partial charge in [-0.2, -0.15) is 0 Å². The van der Waals surface area contributed by atoms with Crippen molar-refractivity contribution in [1.29, 1.82) is 0 Å². The Morgan fingerprint density at radius 1 is 1.50 bits per heavy atom. The number of hydrogen-bond acceptors (Lipinski definition) is 3. The molecule has 16 heavy (non-hydrogen) atoms. The van der Waals surface area contributed by atoms with Crippen molar-refractivity contribution in [2.45, 2.75) is 39.3 Å². The Bertz CT molecular complexity index is 342. The lowest BCUT2D eigenvalue weighted by Gasteiger charge is -2.30. The van der Waals surface area contributed by atoms with Crippen molar-refractivity contribution < 1.29 is 4.42 Å². The minimum absolute atomic E-state index is 0.493. The van der Waals surface area contributed by atoms with Crippen LogP contribution >= 0.6 is 0 Å². The molecule has 1 fully saturated rings. The van der Waals surface area contributed by atoms with Crippen LogP contribution in [0.3, 0.4) is 0 Å². The zero-order valence-electron chi connectivity index (χ0n) is 10.3. The van der Waals surface area contributed by atoms with Gasteiger partial charge in [-0.25, -0.2) is 0 Å². The molecule has 0 radical (unpaired) electrons. The third-order valence-electron chi connectivity index (χ3n) is 3.51. The van der Waals surface area contributed by atoms with Crippen LogP contribution in [0.2, 0.25) is 0 Å². The fraction of sp³-hybridized carbons (Fsp3) is 0.692. The molecule has 1 aromatic heterocycles. The summed E-state index contributed by atoms with van der Waals surface area (Å²) in [6.07, 6.45) is 4.23. The molecule has 2 rings (SSSR count). The van der Waals surface area contributed by atoms with Crippen LogP contribution in [0, 0.1) is 12.8 Å². The van der Waals surface area contributed by atoms with Crippen LogP contribution in [0.5, 0.6) is 0 Å². The highest BCUT2D eigenvalue weighted by Gasteiger charge is 2.19. The molecule has 3 heteroatoms. The average Bonchev–Trinajstić information content (AvgIpc) is 2.54. The van der Waals surface area contributed by atoms with Crippen molar-refractivity contribution in [3.63, 3.8) is 0 Å². The second-order valence-corrected chi connectivity index (χ2v) is 4.99. The van der Waals surface area contributed by atoms with E-state index in [0.29, 0.717) is 6.54 Å². The largest absolute Gasteiger partial charge is 0.465 e. The first kappa shape index (κ1) is 11.7. The number of furan rings is 1. The molecule has 1 aliphatic rings. The second-order valence-electron chi connectivity index (χ2n) is 4.99. The molecule has 1 aromatic rings. The van der Waals surface area contributed by atoms with E-state index < -0.39 is 0 Å². The van der Waals surface area contributed by atoms with Gasteiger partial charge in [0.05, 0.1) is 6.54 Å². The molecule has 0 atom stereocenters. The number of nitrogens with zero attached hydrogens (tertiary/aromatic N) is 1. The summed E-state index contributed by atoms with van der Waals surface area (Å²) in [7, 11) is 2.19. The minimum Gasteiger partial charge on any atom is -0.465 e. The molecule has 0 aromatic carbocycles. The summed E-state index contributed by atoms with van der Waals surface area (Å²) < 4.78 is 5.56. The van der Waals surface area contributed by atoms with Gasteiger partial charge in [0, 0.05) is 18.7 Å². The van der Waals surface area contributed by atoms with Crippen LogP contribution in [0.1, 0.15) is 36.3 Å². The Balaban J connectivity index is 1.88. The van der Waals surface area contributed by atoms with E-state index in [2.05, 4.69) is 18.0 Å². The van der Waals surface area contributed by atoms with Crippen LogP contribution in [0.4, 0.5) is 0 Å². The zero-order valence-corrected chi connectivity index (χ0v) is 10.3. The quantitative estimate of drug-likeness (QED) is 0.831. The fourth-order valence-corrected chi connectivity index (χ4v) is 2.32. The maximum absolute atomic E-state index is 5.57. The average molecular weight is 222 g/mol. The Hall–Kier alpha value is -0.800. The molecular formula is C13H22N2O. The summed E-state index contributed by atoms with van der Waals surface area (Å²) in [4.78, 5) is 2.39. The first-order valence-corrected chi connectivity index (χ1v) is 6.16. The predicted molar refractivity (Wildman–Crippen MR) is 65.0 cm³/mol. The van der Waals surface area contributed by atoms with Gasteiger partial charge in [-0.05, 0) is 38.8 Å². The first-order valence-electron chi connectivity index (χ1n) is 6.16. The molecule has 0 saturated heterocycles. The van der Waals surface area contributed by atoms with Gasteiger partial charge in [0.1, 0.15) is 11.5 Å². The molecule has 3 nitrogen and oxygen atoms in total. The van der Waals surface area contributed by atoms with E-state index in [1.807, 2.05) is 6.92 Å². The highest BCUT2D eigenvalue weighted by Crippen LogP contribution is 2.27. The van der Waals surface area contributed by atoms with Gasteiger partial charge in [-0.3, -0.25) is 0 Å². The molecule has 0 bridgehead atoms. The molecule has 0 amide bonds.